The molecule has 1 heterocycles. The van der Waals surface area contributed by atoms with Crippen LogP contribution in [0.5, 0.6) is 0 Å². The summed E-state index contributed by atoms with van der Waals surface area (Å²) in [6.07, 6.45) is 1.36. The molecule has 1 fully saturated rings. The maximum Gasteiger partial charge on any atom is 0.328 e. The van der Waals surface area contributed by atoms with E-state index in [4.69, 9.17) is 9.47 Å². The van der Waals surface area contributed by atoms with Gasteiger partial charge in [-0.05, 0) is 18.1 Å². The molecule has 1 amide bonds. The number of methoxy groups -OCH3 is 2. The summed E-state index contributed by atoms with van der Waals surface area (Å²) >= 11 is 3.48. The van der Waals surface area contributed by atoms with Gasteiger partial charge in [0.2, 0.25) is 5.91 Å². The number of amides is 1. The fourth-order valence-electron chi connectivity index (χ4n) is 2.69. The van der Waals surface area contributed by atoms with Crippen molar-refractivity contribution in [3.8, 4) is 0 Å². The van der Waals surface area contributed by atoms with E-state index in [-0.39, 0.29) is 18.0 Å². The molecule has 0 aromatic heterocycles. The van der Waals surface area contributed by atoms with Gasteiger partial charge in [0.25, 0.3) is 0 Å². The van der Waals surface area contributed by atoms with E-state index in [1.165, 1.54) is 7.11 Å². The monoisotopic (exact) mass is 369 g/mol. The van der Waals surface area contributed by atoms with E-state index in [1.54, 1.807) is 12.0 Å². The van der Waals surface area contributed by atoms with Crippen molar-refractivity contribution >= 4 is 27.8 Å². The number of benzene rings is 1. The van der Waals surface area contributed by atoms with Crippen LogP contribution in [0.4, 0.5) is 0 Å². The maximum atomic E-state index is 12.5. The number of likely N-dealkylation sites (tertiary alicyclic amines) is 1. The number of carbonyl (C=O) groups excluding carboxylic acids is 2. The van der Waals surface area contributed by atoms with Crippen LogP contribution in [0.25, 0.3) is 0 Å². The smallest absolute Gasteiger partial charge is 0.328 e. The molecule has 1 aliphatic rings. The Morgan fingerprint density at radius 1 is 1.32 bits per heavy atom. The molecular formula is C16H20BrNO4. The minimum atomic E-state index is -0.540. The van der Waals surface area contributed by atoms with E-state index >= 15 is 0 Å². The van der Waals surface area contributed by atoms with E-state index in [9.17, 15) is 9.59 Å². The molecule has 1 saturated heterocycles. The Morgan fingerprint density at radius 3 is 2.68 bits per heavy atom. The summed E-state index contributed by atoms with van der Waals surface area (Å²) in [5, 5.41) is 0. The molecule has 2 rings (SSSR count). The Kier molecular flexibility index (Phi) is 5.97. The van der Waals surface area contributed by atoms with Gasteiger partial charge in [0, 0.05) is 31.0 Å². The summed E-state index contributed by atoms with van der Waals surface area (Å²) in [7, 11) is 2.93. The van der Waals surface area contributed by atoms with Gasteiger partial charge in [-0.1, -0.05) is 34.1 Å². The number of halogens is 1. The Bertz CT molecular complexity index is 549. The highest BCUT2D eigenvalue weighted by Gasteiger charge is 2.40. The lowest BCUT2D eigenvalue weighted by molar-refractivity contribution is -0.150. The molecule has 6 heteroatoms. The quantitative estimate of drug-likeness (QED) is 0.746. The number of rotatable bonds is 5. The van der Waals surface area contributed by atoms with Crippen LogP contribution in [-0.2, 0) is 25.5 Å². The van der Waals surface area contributed by atoms with Crippen LogP contribution in [0.2, 0.25) is 0 Å². The van der Waals surface area contributed by atoms with Crippen molar-refractivity contribution in [1.82, 2.24) is 4.90 Å². The molecule has 1 aromatic carbocycles. The van der Waals surface area contributed by atoms with Gasteiger partial charge >= 0.3 is 5.97 Å². The Balaban J connectivity index is 2.01. The molecule has 0 radical (unpaired) electrons. The van der Waals surface area contributed by atoms with Gasteiger partial charge in [0.1, 0.15) is 6.04 Å². The molecule has 0 unspecified atom stereocenters. The average molecular weight is 370 g/mol. The van der Waals surface area contributed by atoms with Gasteiger partial charge in [-0.2, -0.15) is 0 Å². The second kappa shape index (κ2) is 7.74. The second-order valence-corrected chi connectivity index (χ2v) is 6.12. The van der Waals surface area contributed by atoms with Gasteiger partial charge in [0.05, 0.1) is 13.2 Å². The van der Waals surface area contributed by atoms with Crippen molar-refractivity contribution in [3.63, 3.8) is 0 Å². The molecule has 0 N–H and O–H groups in total. The molecule has 0 spiro atoms. The topological polar surface area (TPSA) is 55.8 Å². The summed E-state index contributed by atoms with van der Waals surface area (Å²) in [5.74, 6) is -0.431. The first-order chi connectivity index (χ1) is 10.6. The molecular weight excluding hydrogens is 350 g/mol. The third-order valence-corrected chi connectivity index (χ3v) is 4.73. The predicted octanol–water partition coefficient (Wildman–Crippen LogP) is 2.17. The SMILES string of the molecule is COC(=O)[C@H]1C[C@@H](OC)CN1C(=O)CCc1ccccc1Br. The highest BCUT2D eigenvalue weighted by Crippen LogP contribution is 2.23. The van der Waals surface area contributed by atoms with E-state index in [0.29, 0.717) is 25.8 Å². The first-order valence-corrected chi connectivity index (χ1v) is 7.99. The minimum absolute atomic E-state index is 0.0503. The Labute approximate surface area is 138 Å². The third kappa shape index (κ3) is 3.87. The highest BCUT2D eigenvalue weighted by molar-refractivity contribution is 9.10. The molecule has 22 heavy (non-hydrogen) atoms. The van der Waals surface area contributed by atoms with Crippen molar-refractivity contribution in [2.45, 2.75) is 31.4 Å². The number of hydrogen-bond donors (Lipinski definition) is 0. The molecule has 1 aliphatic heterocycles. The number of carbonyl (C=O) groups is 2. The van der Waals surface area contributed by atoms with Crippen molar-refractivity contribution in [2.75, 3.05) is 20.8 Å². The van der Waals surface area contributed by atoms with Crippen LogP contribution in [-0.4, -0.2) is 49.7 Å². The maximum absolute atomic E-state index is 12.5. The number of hydrogen-bond acceptors (Lipinski definition) is 4. The van der Waals surface area contributed by atoms with E-state index in [0.717, 1.165) is 10.0 Å². The Morgan fingerprint density at radius 2 is 2.05 bits per heavy atom. The highest BCUT2D eigenvalue weighted by atomic mass is 79.9. The number of esters is 1. The zero-order chi connectivity index (χ0) is 16.1. The molecule has 1 aromatic rings. The van der Waals surface area contributed by atoms with Crippen LogP contribution >= 0.6 is 15.9 Å². The van der Waals surface area contributed by atoms with Crippen LogP contribution in [0.15, 0.2) is 28.7 Å². The van der Waals surface area contributed by atoms with Gasteiger partial charge in [0.15, 0.2) is 0 Å². The molecule has 120 valence electrons. The lowest BCUT2D eigenvalue weighted by Gasteiger charge is -2.22. The van der Waals surface area contributed by atoms with Crippen LogP contribution in [0.1, 0.15) is 18.4 Å². The van der Waals surface area contributed by atoms with Crippen LogP contribution in [0.3, 0.4) is 0 Å². The number of aryl methyl sites for hydroxylation is 1. The molecule has 5 nitrogen and oxygen atoms in total. The van der Waals surface area contributed by atoms with Gasteiger partial charge in [-0.25, -0.2) is 4.79 Å². The van der Waals surface area contributed by atoms with Crippen LogP contribution < -0.4 is 0 Å². The molecule has 2 atom stereocenters. The lowest BCUT2D eigenvalue weighted by Crippen LogP contribution is -2.41. The van der Waals surface area contributed by atoms with Gasteiger partial charge in [-0.15, -0.1) is 0 Å². The predicted molar refractivity (Wildman–Crippen MR) is 85.4 cm³/mol. The summed E-state index contributed by atoms with van der Waals surface area (Å²) in [6.45, 7) is 0.436. The lowest BCUT2D eigenvalue weighted by atomic mass is 10.1. The van der Waals surface area contributed by atoms with Crippen molar-refractivity contribution in [1.29, 1.82) is 0 Å². The zero-order valence-electron chi connectivity index (χ0n) is 12.8. The summed E-state index contributed by atoms with van der Waals surface area (Å²) in [5.41, 5.74) is 1.08. The van der Waals surface area contributed by atoms with E-state index < -0.39 is 6.04 Å². The van der Waals surface area contributed by atoms with Crippen LogP contribution in [0, 0.1) is 0 Å². The summed E-state index contributed by atoms with van der Waals surface area (Å²) in [4.78, 5) is 25.9. The first-order valence-electron chi connectivity index (χ1n) is 7.20. The molecule has 0 bridgehead atoms. The third-order valence-electron chi connectivity index (χ3n) is 3.96. The van der Waals surface area contributed by atoms with E-state index in [1.807, 2.05) is 24.3 Å². The van der Waals surface area contributed by atoms with E-state index in [2.05, 4.69) is 15.9 Å². The molecule has 0 saturated carbocycles. The fourth-order valence-corrected chi connectivity index (χ4v) is 3.17. The standard InChI is InChI=1S/C16H20BrNO4/c1-21-12-9-14(16(20)22-2)18(10-12)15(19)8-7-11-5-3-4-6-13(11)17/h3-6,12,14H,7-10H2,1-2H3/t12-,14-/m1/s1. The first kappa shape index (κ1) is 17.0. The normalized spacial score (nSPS) is 21.0. The fraction of sp³-hybridized carbons (Fsp3) is 0.500. The number of nitrogens with zero attached hydrogens (tertiary/aromatic N) is 1. The number of ether oxygens (including phenoxy) is 2. The second-order valence-electron chi connectivity index (χ2n) is 5.27. The average Bonchev–Trinajstić information content (AvgIpc) is 2.97. The largest absolute Gasteiger partial charge is 0.467 e. The zero-order valence-corrected chi connectivity index (χ0v) is 14.3. The van der Waals surface area contributed by atoms with Crippen molar-refractivity contribution in [2.24, 2.45) is 0 Å². The van der Waals surface area contributed by atoms with Gasteiger partial charge < -0.3 is 14.4 Å². The van der Waals surface area contributed by atoms with Crippen molar-refractivity contribution < 1.29 is 19.1 Å². The summed E-state index contributed by atoms with van der Waals surface area (Å²) in [6, 6.07) is 7.28. The van der Waals surface area contributed by atoms with Crippen molar-refractivity contribution in [3.05, 3.63) is 34.3 Å². The Hall–Kier alpha value is -1.40. The molecule has 0 aliphatic carbocycles. The minimum Gasteiger partial charge on any atom is -0.467 e. The summed E-state index contributed by atoms with van der Waals surface area (Å²) < 4.78 is 11.1. The van der Waals surface area contributed by atoms with Gasteiger partial charge in [-0.3, -0.25) is 4.79 Å².